The number of nitrogens with one attached hydrogen (secondary N) is 3. The third-order valence-corrected chi connectivity index (χ3v) is 6.12. The van der Waals surface area contributed by atoms with Crippen LogP contribution in [-0.2, 0) is 25.6 Å². The van der Waals surface area contributed by atoms with Gasteiger partial charge in [-0.2, -0.15) is 0 Å². The van der Waals surface area contributed by atoms with Crippen molar-refractivity contribution in [2.45, 2.75) is 70.1 Å². The summed E-state index contributed by atoms with van der Waals surface area (Å²) in [7, 11) is 0. The molecule has 0 aliphatic rings. The molecule has 4 atom stereocenters. The van der Waals surface area contributed by atoms with E-state index in [1.807, 2.05) is 0 Å². The van der Waals surface area contributed by atoms with Crippen molar-refractivity contribution in [3.63, 3.8) is 0 Å². The van der Waals surface area contributed by atoms with Gasteiger partial charge < -0.3 is 54.8 Å². The van der Waals surface area contributed by atoms with E-state index in [9.17, 15) is 29.4 Å². The maximum atomic E-state index is 13.4. The van der Waals surface area contributed by atoms with Crippen molar-refractivity contribution >= 4 is 35.6 Å². The summed E-state index contributed by atoms with van der Waals surface area (Å²) in [6.07, 6.45) is 0.907. The summed E-state index contributed by atoms with van der Waals surface area (Å²) in [5.74, 6) is -3.89. The Bertz CT molecular complexity index is 1100. The number of nitrogens with two attached hydrogens (primary N) is 5. The van der Waals surface area contributed by atoms with E-state index in [0.717, 1.165) is 0 Å². The lowest BCUT2D eigenvalue weighted by atomic mass is 10.0. The van der Waals surface area contributed by atoms with Crippen LogP contribution >= 0.6 is 0 Å². The van der Waals surface area contributed by atoms with Gasteiger partial charge in [0, 0.05) is 13.1 Å². The first-order valence-electron chi connectivity index (χ1n) is 13.5. The number of aliphatic imine (C=N–C) groups is 2. The van der Waals surface area contributed by atoms with Crippen molar-refractivity contribution in [1.29, 1.82) is 0 Å². The fraction of sp³-hybridized carbons (Fsp3) is 0.538. The van der Waals surface area contributed by atoms with Crippen LogP contribution in [0.3, 0.4) is 0 Å². The molecule has 1 rings (SSSR count). The van der Waals surface area contributed by atoms with Gasteiger partial charge in [0.2, 0.25) is 17.7 Å². The monoisotopic (exact) mass is 592 g/mol. The molecule has 0 spiro atoms. The molecule has 0 aliphatic carbocycles. The van der Waals surface area contributed by atoms with Crippen LogP contribution in [0, 0.1) is 5.92 Å². The minimum absolute atomic E-state index is 0.0641. The molecule has 0 radical (unpaired) electrons. The van der Waals surface area contributed by atoms with Crippen LogP contribution in [0.5, 0.6) is 5.75 Å². The lowest BCUT2D eigenvalue weighted by molar-refractivity contribution is -0.143. The zero-order valence-corrected chi connectivity index (χ0v) is 24.0. The number of guanidine groups is 2. The third kappa shape index (κ3) is 13.6. The number of phenolic OH excluding ortho intramolecular Hbond substituents is 1. The molecule has 1 aromatic carbocycles. The average Bonchev–Trinajstić information content (AvgIpc) is 2.90. The van der Waals surface area contributed by atoms with Gasteiger partial charge in [0.25, 0.3) is 0 Å². The highest BCUT2D eigenvalue weighted by Gasteiger charge is 2.31. The summed E-state index contributed by atoms with van der Waals surface area (Å²) >= 11 is 0. The van der Waals surface area contributed by atoms with E-state index in [4.69, 9.17) is 28.7 Å². The molecule has 1 aromatic rings. The Kier molecular flexibility index (Phi) is 15.1. The molecule has 0 bridgehead atoms. The number of aliphatic carboxylic acids is 1. The molecule has 42 heavy (non-hydrogen) atoms. The number of hydrogen-bond acceptors (Lipinski definition) is 8. The van der Waals surface area contributed by atoms with E-state index < -0.39 is 53.8 Å². The van der Waals surface area contributed by atoms with Gasteiger partial charge in [0.05, 0.1) is 6.04 Å². The van der Waals surface area contributed by atoms with Crippen LogP contribution in [0.15, 0.2) is 34.3 Å². The van der Waals surface area contributed by atoms with Crippen LogP contribution in [-0.4, -0.2) is 83.1 Å². The fourth-order valence-corrected chi connectivity index (χ4v) is 3.84. The molecule has 0 saturated heterocycles. The first-order valence-corrected chi connectivity index (χ1v) is 13.5. The number of nitrogens with zero attached hydrogens (tertiary/aromatic N) is 2. The lowest BCUT2D eigenvalue weighted by Crippen LogP contribution is -2.57. The van der Waals surface area contributed by atoms with Crippen molar-refractivity contribution in [3.8, 4) is 5.75 Å². The summed E-state index contributed by atoms with van der Waals surface area (Å²) in [6, 6.07) is 1.68. The highest BCUT2D eigenvalue weighted by atomic mass is 16.4. The highest BCUT2D eigenvalue weighted by Crippen LogP contribution is 2.12. The van der Waals surface area contributed by atoms with Gasteiger partial charge in [-0.3, -0.25) is 24.4 Å². The number of phenols is 1. The molecule has 15 N–H and O–H groups in total. The Balaban J connectivity index is 3.10. The number of carboxylic acid groups (broad SMARTS) is 1. The van der Waals surface area contributed by atoms with Crippen molar-refractivity contribution in [3.05, 3.63) is 29.8 Å². The van der Waals surface area contributed by atoms with Gasteiger partial charge in [-0.15, -0.1) is 0 Å². The quantitative estimate of drug-likeness (QED) is 0.0485. The Labute approximate surface area is 244 Å². The summed E-state index contributed by atoms with van der Waals surface area (Å²) in [5.41, 5.74) is 28.2. The topological polar surface area (TPSA) is 300 Å². The van der Waals surface area contributed by atoms with E-state index in [-0.39, 0.29) is 56.4 Å². The standard InChI is InChI=1S/C26H44N10O6/c1-14(2)20(24(41)42)36-23(40)19(6-4-12-33-26(30)31)35-22(39)18(5-3-11-32-25(28)29)34-21(38)17(27)13-15-7-9-16(37)10-8-15/h7-10,14,17-20,37H,3-6,11-13,27H2,1-2H3,(H,34,38)(H,35,39)(H,36,40)(H,41,42)(H4,28,29,32)(H4,30,31,33). The Hall–Kier alpha value is -4.60. The molecular formula is C26H44N10O6. The zero-order chi connectivity index (χ0) is 31.8. The second-order valence-electron chi connectivity index (χ2n) is 10.1. The summed E-state index contributed by atoms with van der Waals surface area (Å²) in [5, 5.41) is 26.7. The average molecular weight is 593 g/mol. The third-order valence-electron chi connectivity index (χ3n) is 6.12. The lowest BCUT2D eigenvalue weighted by Gasteiger charge is -2.26. The number of benzene rings is 1. The van der Waals surface area contributed by atoms with Gasteiger partial charge in [0.15, 0.2) is 11.9 Å². The Morgan fingerprint density at radius 3 is 1.67 bits per heavy atom. The molecule has 3 amide bonds. The first-order chi connectivity index (χ1) is 19.7. The van der Waals surface area contributed by atoms with Gasteiger partial charge in [0.1, 0.15) is 23.9 Å². The van der Waals surface area contributed by atoms with Gasteiger partial charge in [-0.05, 0) is 55.7 Å². The van der Waals surface area contributed by atoms with E-state index >= 15 is 0 Å². The molecular weight excluding hydrogens is 548 g/mol. The minimum Gasteiger partial charge on any atom is -0.508 e. The number of carbonyl (C=O) groups is 4. The number of hydrogen-bond donors (Lipinski definition) is 10. The molecule has 0 heterocycles. The first kappa shape index (κ1) is 35.4. The molecule has 16 heteroatoms. The van der Waals surface area contributed by atoms with Crippen LogP contribution in [0.1, 0.15) is 45.1 Å². The van der Waals surface area contributed by atoms with E-state index in [1.165, 1.54) is 12.1 Å². The summed E-state index contributed by atoms with van der Waals surface area (Å²) in [4.78, 5) is 58.8. The van der Waals surface area contributed by atoms with E-state index in [2.05, 4.69) is 25.9 Å². The molecule has 4 unspecified atom stereocenters. The largest absolute Gasteiger partial charge is 0.508 e. The second-order valence-corrected chi connectivity index (χ2v) is 10.1. The summed E-state index contributed by atoms with van der Waals surface area (Å²) < 4.78 is 0. The van der Waals surface area contributed by atoms with Crippen molar-refractivity contribution in [2.75, 3.05) is 13.1 Å². The molecule has 0 aromatic heterocycles. The summed E-state index contributed by atoms with van der Waals surface area (Å²) in [6.45, 7) is 3.61. The van der Waals surface area contributed by atoms with Crippen LogP contribution in [0.2, 0.25) is 0 Å². The van der Waals surface area contributed by atoms with Crippen molar-refractivity contribution < 1.29 is 29.4 Å². The minimum atomic E-state index is -1.23. The number of carbonyl (C=O) groups excluding carboxylic acids is 3. The maximum Gasteiger partial charge on any atom is 0.326 e. The van der Waals surface area contributed by atoms with Crippen LogP contribution < -0.4 is 44.6 Å². The SMILES string of the molecule is CC(C)C(NC(=O)C(CCCN=C(N)N)NC(=O)C(CCCN=C(N)N)NC(=O)C(N)Cc1ccc(O)cc1)C(=O)O. The molecule has 0 fully saturated rings. The zero-order valence-electron chi connectivity index (χ0n) is 24.0. The van der Waals surface area contributed by atoms with Gasteiger partial charge >= 0.3 is 5.97 Å². The molecule has 0 saturated carbocycles. The van der Waals surface area contributed by atoms with Crippen LogP contribution in [0.25, 0.3) is 0 Å². The van der Waals surface area contributed by atoms with E-state index in [1.54, 1.807) is 26.0 Å². The molecule has 234 valence electrons. The Morgan fingerprint density at radius 1 is 0.786 bits per heavy atom. The van der Waals surface area contributed by atoms with E-state index in [0.29, 0.717) is 12.0 Å². The maximum absolute atomic E-state index is 13.4. The number of rotatable bonds is 18. The van der Waals surface area contributed by atoms with Crippen LogP contribution in [0.4, 0.5) is 0 Å². The second kappa shape index (κ2) is 18.0. The highest BCUT2D eigenvalue weighted by molar-refractivity contribution is 5.94. The normalized spacial score (nSPS) is 13.6. The Morgan fingerprint density at radius 2 is 1.24 bits per heavy atom. The molecule has 16 nitrogen and oxygen atoms in total. The van der Waals surface area contributed by atoms with Crippen molar-refractivity contribution in [2.24, 2.45) is 44.6 Å². The van der Waals surface area contributed by atoms with Gasteiger partial charge in [-0.1, -0.05) is 26.0 Å². The molecule has 0 aliphatic heterocycles. The smallest absolute Gasteiger partial charge is 0.326 e. The predicted octanol–water partition coefficient (Wildman–Crippen LogP) is -2.44. The van der Waals surface area contributed by atoms with Gasteiger partial charge in [-0.25, -0.2) is 4.79 Å². The number of aromatic hydroxyl groups is 1. The fourth-order valence-electron chi connectivity index (χ4n) is 3.84. The number of amides is 3. The predicted molar refractivity (Wildman–Crippen MR) is 158 cm³/mol. The number of carboxylic acids is 1. The van der Waals surface area contributed by atoms with Crippen molar-refractivity contribution in [1.82, 2.24) is 16.0 Å².